The Labute approximate surface area is 101 Å². The van der Waals surface area contributed by atoms with E-state index >= 15 is 0 Å². The molecule has 0 amide bonds. The van der Waals surface area contributed by atoms with Crippen LogP contribution in [0.5, 0.6) is 0 Å². The summed E-state index contributed by atoms with van der Waals surface area (Å²) in [5.74, 6) is 0.361. The largest absolute Gasteiger partial charge is 0.481 e. The summed E-state index contributed by atoms with van der Waals surface area (Å²) in [5.41, 5.74) is 0.950. The second kappa shape index (κ2) is 4.02. The Bertz CT molecular complexity index is 449. The van der Waals surface area contributed by atoms with Crippen LogP contribution >= 0.6 is 0 Å². The van der Waals surface area contributed by atoms with Crippen LogP contribution in [0, 0.1) is 17.8 Å². The minimum atomic E-state index is -0.679. The molecule has 1 N–H and O–H groups in total. The van der Waals surface area contributed by atoms with Crippen LogP contribution in [0.1, 0.15) is 24.3 Å². The lowest BCUT2D eigenvalue weighted by Crippen LogP contribution is -2.24. The SMILES string of the molecule is O=C(O)C(c1ccccc1)C1CC2C=CC1C2. The van der Waals surface area contributed by atoms with E-state index in [1.165, 1.54) is 0 Å². The van der Waals surface area contributed by atoms with E-state index < -0.39 is 5.97 Å². The van der Waals surface area contributed by atoms with Gasteiger partial charge < -0.3 is 5.11 Å². The molecule has 3 rings (SSSR count). The third-order valence-electron chi connectivity index (χ3n) is 4.18. The quantitative estimate of drug-likeness (QED) is 0.807. The molecular formula is C15H16O2. The molecule has 4 unspecified atom stereocenters. The zero-order chi connectivity index (χ0) is 11.8. The third kappa shape index (κ3) is 1.78. The first kappa shape index (κ1) is 10.6. The van der Waals surface area contributed by atoms with E-state index in [9.17, 15) is 9.90 Å². The van der Waals surface area contributed by atoms with Crippen molar-refractivity contribution in [2.45, 2.75) is 18.8 Å². The number of aliphatic carboxylic acids is 1. The van der Waals surface area contributed by atoms with Crippen molar-refractivity contribution >= 4 is 5.97 Å². The average Bonchev–Trinajstić information content (AvgIpc) is 2.92. The highest BCUT2D eigenvalue weighted by molar-refractivity contribution is 5.76. The van der Waals surface area contributed by atoms with Crippen LogP contribution in [0.25, 0.3) is 0 Å². The molecule has 0 saturated heterocycles. The van der Waals surface area contributed by atoms with Crippen LogP contribution in [-0.4, -0.2) is 11.1 Å². The minimum absolute atomic E-state index is 0.282. The highest BCUT2D eigenvalue weighted by Gasteiger charge is 2.43. The molecular weight excluding hydrogens is 212 g/mol. The van der Waals surface area contributed by atoms with Gasteiger partial charge in [0.15, 0.2) is 0 Å². The molecule has 1 saturated carbocycles. The van der Waals surface area contributed by atoms with Gasteiger partial charge in [0, 0.05) is 0 Å². The third-order valence-corrected chi connectivity index (χ3v) is 4.18. The summed E-state index contributed by atoms with van der Waals surface area (Å²) < 4.78 is 0. The first-order chi connectivity index (χ1) is 8.25. The summed E-state index contributed by atoms with van der Waals surface area (Å²) in [5, 5.41) is 9.49. The Morgan fingerprint density at radius 3 is 2.47 bits per heavy atom. The van der Waals surface area contributed by atoms with E-state index in [0.717, 1.165) is 18.4 Å². The van der Waals surface area contributed by atoms with Crippen LogP contribution in [0.2, 0.25) is 0 Å². The average molecular weight is 228 g/mol. The Kier molecular flexibility index (Phi) is 2.50. The predicted molar refractivity (Wildman–Crippen MR) is 65.7 cm³/mol. The Morgan fingerprint density at radius 1 is 1.18 bits per heavy atom. The van der Waals surface area contributed by atoms with Crippen molar-refractivity contribution < 1.29 is 9.90 Å². The van der Waals surface area contributed by atoms with Gasteiger partial charge in [0.1, 0.15) is 0 Å². The number of allylic oxidation sites excluding steroid dienone is 2. The summed E-state index contributed by atoms with van der Waals surface area (Å²) in [7, 11) is 0. The number of carbonyl (C=O) groups is 1. The maximum absolute atomic E-state index is 11.5. The lowest BCUT2D eigenvalue weighted by atomic mass is 9.78. The second-order valence-electron chi connectivity index (χ2n) is 5.17. The molecule has 1 fully saturated rings. The normalized spacial score (nSPS) is 31.6. The summed E-state index contributed by atoms with van der Waals surface area (Å²) >= 11 is 0. The van der Waals surface area contributed by atoms with Gasteiger partial charge in [-0.15, -0.1) is 0 Å². The number of rotatable bonds is 3. The molecule has 0 heterocycles. The number of hydrogen-bond donors (Lipinski definition) is 1. The fourth-order valence-electron chi connectivity index (χ4n) is 3.44. The molecule has 0 radical (unpaired) electrons. The lowest BCUT2D eigenvalue weighted by Gasteiger charge is -2.25. The summed E-state index contributed by atoms with van der Waals surface area (Å²) in [6.07, 6.45) is 6.66. The lowest BCUT2D eigenvalue weighted by molar-refractivity contribution is -0.140. The van der Waals surface area contributed by atoms with E-state index in [0.29, 0.717) is 11.8 Å². The number of benzene rings is 1. The van der Waals surface area contributed by atoms with Gasteiger partial charge in [-0.05, 0) is 36.2 Å². The topological polar surface area (TPSA) is 37.3 Å². The number of hydrogen-bond acceptors (Lipinski definition) is 1. The number of carboxylic acids is 1. The molecule has 0 aliphatic heterocycles. The smallest absolute Gasteiger partial charge is 0.311 e. The van der Waals surface area contributed by atoms with Gasteiger partial charge in [0.2, 0.25) is 0 Å². The predicted octanol–water partition coefficient (Wildman–Crippen LogP) is 3.07. The van der Waals surface area contributed by atoms with E-state index in [4.69, 9.17) is 0 Å². The maximum Gasteiger partial charge on any atom is 0.311 e. The van der Waals surface area contributed by atoms with Crippen molar-refractivity contribution in [3.05, 3.63) is 48.0 Å². The van der Waals surface area contributed by atoms with Crippen LogP contribution in [0.4, 0.5) is 0 Å². The zero-order valence-electron chi connectivity index (χ0n) is 9.62. The van der Waals surface area contributed by atoms with Crippen molar-refractivity contribution in [2.75, 3.05) is 0 Å². The Hall–Kier alpha value is -1.57. The second-order valence-corrected chi connectivity index (χ2v) is 5.17. The first-order valence-electron chi connectivity index (χ1n) is 6.22. The van der Waals surface area contributed by atoms with Gasteiger partial charge in [-0.3, -0.25) is 4.79 Å². The fourth-order valence-corrected chi connectivity index (χ4v) is 3.44. The highest BCUT2D eigenvalue weighted by Crippen LogP contribution is 2.49. The monoisotopic (exact) mass is 228 g/mol. The molecule has 2 bridgehead atoms. The molecule has 2 aliphatic rings. The number of carboxylic acid groups (broad SMARTS) is 1. The zero-order valence-corrected chi connectivity index (χ0v) is 9.62. The van der Waals surface area contributed by atoms with Gasteiger partial charge in [0.25, 0.3) is 0 Å². The van der Waals surface area contributed by atoms with E-state index in [1.54, 1.807) is 0 Å². The van der Waals surface area contributed by atoms with Crippen molar-refractivity contribution in [3.8, 4) is 0 Å². The Balaban J connectivity index is 1.92. The van der Waals surface area contributed by atoms with E-state index in [-0.39, 0.29) is 11.8 Å². The fraction of sp³-hybridized carbons (Fsp3) is 0.400. The first-order valence-corrected chi connectivity index (χ1v) is 6.22. The maximum atomic E-state index is 11.5. The van der Waals surface area contributed by atoms with Crippen molar-refractivity contribution in [2.24, 2.45) is 17.8 Å². The molecule has 88 valence electrons. The molecule has 4 atom stereocenters. The summed E-state index contributed by atoms with van der Waals surface area (Å²) in [6.45, 7) is 0. The molecule has 2 nitrogen and oxygen atoms in total. The molecule has 2 aliphatic carbocycles. The molecule has 2 heteroatoms. The van der Waals surface area contributed by atoms with E-state index in [2.05, 4.69) is 12.2 Å². The molecule has 1 aromatic carbocycles. The van der Waals surface area contributed by atoms with Crippen LogP contribution in [0.3, 0.4) is 0 Å². The van der Waals surface area contributed by atoms with Gasteiger partial charge in [-0.1, -0.05) is 42.5 Å². The Morgan fingerprint density at radius 2 is 1.94 bits per heavy atom. The number of fused-ring (bicyclic) bond motifs is 2. The van der Waals surface area contributed by atoms with Gasteiger partial charge >= 0.3 is 5.97 Å². The van der Waals surface area contributed by atoms with Crippen LogP contribution in [-0.2, 0) is 4.79 Å². The molecule has 0 aromatic heterocycles. The summed E-state index contributed by atoms with van der Waals surface area (Å²) in [6, 6.07) is 9.66. The minimum Gasteiger partial charge on any atom is -0.481 e. The van der Waals surface area contributed by atoms with Crippen LogP contribution < -0.4 is 0 Å². The summed E-state index contributed by atoms with van der Waals surface area (Å²) in [4.78, 5) is 11.5. The van der Waals surface area contributed by atoms with Gasteiger partial charge in [0.05, 0.1) is 5.92 Å². The molecule has 17 heavy (non-hydrogen) atoms. The van der Waals surface area contributed by atoms with Crippen molar-refractivity contribution in [1.29, 1.82) is 0 Å². The van der Waals surface area contributed by atoms with Gasteiger partial charge in [-0.25, -0.2) is 0 Å². The van der Waals surface area contributed by atoms with E-state index in [1.807, 2.05) is 30.3 Å². The van der Waals surface area contributed by atoms with Crippen LogP contribution in [0.15, 0.2) is 42.5 Å². The van der Waals surface area contributed by atoms with Crippen molar-refractivity contribution in [3.63, 3.8) is 0 Å². The standard InChI is InChI=1S/C15H16O2/c16-15(17)14(11-4-2-1-3-5-11)13-9-10-6-7-12(13)8-10/h1-7,10,12-14H,8-9H2,(H,16,17). The van der Waals surface area contributed by atoms with Crippen molar-refractivity contribution in [1.82, 2.24) is 0 Å². The molecule has 1 aromatic rings. The highest BCUT2D eigenvalue weighted by atomic mass is 16.4. The molecule has 0 spiro atoms. The van der Waals surface area contributed by atoms with Gasteiger partial charge in [-0.2, -0.15) is 0 Å².